The zero-order valence-corrected chi connectivity index (χ0v) is 14.2. The number of carbonyl (C=O) groups excluding carboxylic acids is 2. The number of hydrogen-bond donors (Lipinski definition) is 1. The smallest absolute Gasteiger partial charge is 0.241 e. The van der Waals surface area contributed by atoms with Gasteiger partial charge in [-0.25, -0.2) is 5.01 Å². The molecule has 0 fully saturated rings. The van der Waals surface area contributed by atoms with Crippen LogP contribution in [-0.4, -0.2) is 29.1 Å². The molecule has 1 heterocycles. The van der Waals surface area contributed by atoms with E-state index >= 15 is 0 Å². The lowest BCUT2D eigenvalue weighted by Crippen LogP contribution is -2.42. The lowest BCUT2D eigenvalue weighted by atomic mass is 9.86. The number of benzene rings is 1. The van der Waals surface area contributed by atoms with E-state index in [1.165, 1.54) is 30.6 Å². The number of amides is 2. The molecule has 1 aromatic carbocycles. The second-order valence-electron chi connectivity index (χ2n) is 5.68. The summed E-state index contributed by atoms with van der Waals surface area (Å²) in [5, 5.41) is 9.03. The molecule has 6 nitrogen and oxygen atoms in total. The summed E-state index contributed by atoms with van der Waals surface area (Å²) in [6, 6.07) is 5.93. The molecule has 0 saturated carbocycles. The minimum atomic E-state index is -0.580. The van der Waals surface area contributed by atoms with E-state index in [1.54, 1.807) is 7.11 Å². The fraction of sp³-hybridized carbons (Fsp3) is 0.438. The third-order valence-electron chi connectivity index (χ3n) is 4.07. The van der Waals surface area contributed by atoms with Gasteiger partial charge in [-0.05, 0) is 42.5 Å². The number of carbonyl (C=O) groups is 2. The van der Waals surface area contributed by atoms with Crippen LogP contribution >= 0.6 is 11.8 Å². The molecule has 7 heteroatoms. The predicted octanol–water partition coefficient (Wildman–Crippen LogP) is 2.19. The van der Waals surface area contributed by atoms with Crippen LogP contribution < -0.4 is 10.1 Å². The van der Waals surface area contributed by atoms with Crippen LogP contribution in [0.15, 0.2) is 23.3 Å². The van der Waals surface area contributed by atoms with Crippen molar-refractivity contribution in [1.29, 1.82) is 0 Å². The molecule has 0 unspecified atom stereocenters. The third kappa shape index (κ3) is 2.69. The van der Waals surface area contributed by atoms with Crippen molar-refractivity contribution < 1.29 is 14.3 Å². The van der Waals surface area contributed by atoms with Gasteiger partial charge in [0.25, 0.3) is 0 Å². The van der Waals surface area contributed by atoms with Gasteiger partial charge in [0.15, 0.2) is 5.17 Å². The maximum atomic E-state index is 12.2. The number of aryl methyl sites for hydroxylation is 1. The summed E-state index contributed by atoms with van der Waals surface area (Å²) in [4.78, 5) is 22.9. The van der Waals surface area contributed by atoms with E-state index in [1.807, 2.05) is 18.2 Å². The van der Waals surface area contributed by atoms with Gasteiger partial charge in [0.2, 0.25) is 11.8 Å². The van der Waals surface area contributed by atoms with Gasteiger partial charge in [0.1, 0.15) is 10.6 Å². The molecule has 2 amide bonds. The maximum absolute atomic E-state index is 12.2. The van der Waals surface area contributed by atoms with Crippen LogP contribution in [0.2, 0.25) is 0 Å². The number of hydrogen-bond acceptors (Lipinski definition) is 5. The second kappa shape index (κ2) is 5.88. The predicted molar refractivity (Wildman–Crippen MR) is 89.0 cm³/mol. The van der Waals surface area contributed by atoms with Crippen molar-refractivity contribution in [2.24, 2.45) is 5.10 Å². The number of ether oxygens (including phenoxy) is 1. The molecule has 0 radical (unpaired) electrons. The van der Waals surface area contributed by atoms with Gasteiger partial charge >= 0.3 is 0 Å². The zero-order chi connectivity index (χ0) is 16.6. The molecule has 3 rings (SSSR count). The molecular formula is C16H19N3O3S. The van der Waals surface area contributed by atoms with E-state index in [9.17, 15) is 9.59 Å². The SMILES string of the molecule is COc1ccc2c(c1)CCC[C@@]21SC(NC(C)=O)=NN1C(C)=O. The maximum Gasteiger partial charge on any atom is 0.241 e. The normalized spacial score (nSPS) is 22.6. The number of methoxy groups -OCH3 is 1. The molecule has 1 aromatic rings. The quantitative estimate of drug-likeness (QED) is 0.855. The second-order valence-corrected chi connectivity index (χ2v) is 6.95. The summed E-state index contributed by atoms with van der Waals surface area (Å²) in [5.41, 5.74) is 2.22. The first-order valence-electron chi connectivity index (χ1n) is 7.49. The van der Waals surface area contributed by atoms with E-state index in [2.05, 4.69) is 10.4 Å². The first-order chi connectivity index (χ1) is 11.0. The fourth-order valence-electron chi connectivity index (χ4n) is 3.19. The minimum Gasteiger partial charge on any atom is -0.497 e. The summed E-state index contributed by atoms with van der Waals surface area (Å²) in [6.07, 6.45) is 2.68. The number of rotatable bonds is 1. The Bertz CT molecular complexity index is 704. The Morgan fingerprint density at radius 1 is 1.39 bits per heavy atom. The van der Waals surface area contributed by atoms with Crippen LogP contribution in [0.25, 0.3) is 0 Å². The average molecular weight is 333 g/mol. The summed E-state index contributed by atoms with van der Waals surface area (Å²) < 4.78 is 5.31. The first-order valence-corrected chi connectivity index (χ1v) is 8.31. The number of fused-ring (bicyclic) bond motifs is 2. The summed E-state index contributed by atoms with van der Waals surface area (Å²) in [6.45, 7) is 2.94. The summed E-state index contributed by atoms with van der Waals surface area (Å²) in [5.74, 6) is 0.477. The Hall–Kier alpha value is -2.02. The van der Waals surface area contributed by atoms with Gasteiger partial charge in [-0.2, -0.15) is 0 Å². The Labute approximate surface area is 139 Å². The number of nitrogens with zero attached hydrogens (tertiary/aromatic N) is 2. The van der Waals surface area contributed by atoms with Gasteiger partial charge in [0.05, 0.1) is 7.11 Å². The summed E-state index contributed by atoms with van der Waals surface area (Å²) in [7, 11) is 1.64. The van der Waals surface area contributed by atoms with Crippen LogP contribution in [0, 0.1) is 0 Å². The minimum absolute atomic E-state index is 0.137. The molecule has 1 spiro atoms. The summed E-state index contributed by atoms with van der Waals surface area (Å²) >= 11 is 1.44. The third-order valence-corrected chi connectivity index (χ3v) is 5.39. The highest BCUT2D eigenvalue weighted by Crippen LogP contribution is 2.52. The highest BCUT2D eigenvalue weighted by atomic mass is 32.2. The fourth-order valence-corrected chi connectivity index (χ4v) is 4.63. The molecule has 1 aliphatic heterocycles. The van der Waals surface area contributed by atoms with Crippen LogP contribution in [-0.2, 0) is 20.9 Å². The lowest BCUT2D eigenvalue weighted by molar-refractivity contribution is -0.132. The Balaban J connectivity index is 2.05. The van der Waals surface area contributed by atoms with Crippen molar-refractivity contribution in [1.82, 2.24) is 10.3 Å². The number of thioether (sulfide) groups is 1. The molecule has 2 aliphatic rings. The largest absolute Gasteiger partial charge is 0.497 e. The molecule has 0 saturated heterocycles. The molecule has 1 aliphatic carbocycles. The van der Waals surface area contributed by atoms with Gasteiger partial charge in [-0.15, -0.1) is 5.10 Å². The Morgan fingerprint density at radius 3 is 2.83 bits per heavy atom. The Kier molecular flexibility index (Phi) is 4.06. The molecule has 0 aromatic heterocycles. The number of nitrogens with one attached hydrogen (secondary N) is 1. The van der Waals surface area contributed by atoms with E-state index < -0.39 is 4.87 Å². The van der Waals surface area contributed by atoms with Crippen LogP contribution in [0.1, 0.15) is 37.8 Å². The lowest BCUT2D eigenvalue weighted by Gasteiger charge is -2.39. The molecule has 122 valence electrons. The van der Waals surface area contributed by atoms with E-state index in [0.717, 1.165) is 36.1 Å². The number of hydrazone groups is 1. The average Bonchev–Trinajstić information content (AvgIpc) is 2.85. The first kappa shape index (κ1) is 15.9. The molecule has 1 N–H and O–H groups in total. The molecule has 1 atom stereocenters. The van der Waals surface area contributed by atoms with Crippen LogP contribution in [0.5, 0.6) is 5.75 Å². The highest BCUT2D eigenvalue weighted by molar-refractivity contribution is 8.14. The Morgan fingerprint density at radius 2 is 2.17 bits per heavy atom. The van der Waals surface area contributed by atoms with Gasteiger partial charge < -0.3 is 10.1 Å². The monoisotopic (exact) mass is 333 g/mol. The molecule has 0 bridgehead atoms. The van der Waals surface area contributed by atoms with Crippen molar-refractivity contribution in [2.75, 3.05) is 7.11 Å². The standard InChI is InChI=1S/C16H19N3O3S/c1-10(20)17-15-18-19(11(2)21)16(23-15)8-4-5-12-9-13(22-3)6-7-14(12)16/h6-7,9H,4-5,8H2,1-3H3,(H,17,18,20)/t16-/m1/s1. The topological polar surface area (TPSA) is 71.0 Å². The zero-order valence-electron chi connectivity index (χ0n) is 13.4. The van der Waals surface area contributed by atoms with Gasteiger partial charge in [0, 0.05) is 13.8 Å². The van der Waals surface area contributed by atoms with Crippen molar-refractivity contribution in [2.45, 2.75) is 38.0 Å². The van der Waals surface area contributed by atoms with Crippen molar-refractivity contribution >= 4 is 28.7 Å². The molecule has 23 heavy (non-hydrogen) atoms. The van der Waals surface area contributed by atoms with Crippen LogP contribution in [0.3, 0.4) is 0 Å². The van der Waals surface area contributed by atoms with Crippen LogP contribution in [0.4, 0.5) is 0 Å². The highest BCUT2D eigenvalue weighted by Gasteiger charge is 2.49. The number of amidine groups is 1. The van der Waals surface area contributed by atoms with Gasteiger partial charge in [-0.1, -0.05) is 17.8 Å². The van der Waals surface area contributed by atoms with Crippen molar-refractivity contribution in [3.8, 4) is 5.75 Å². The van der Waals surface area contributed by atoms with E-state index in [-0.39, 0.29) is 11.8 Å². The molecular weight excluding hydrogens is 314 g/mol. The van der Waals surface area contributed by atoms with Crippen molar-refractivity contribution in [3.05, 3.63) is 29.3 Å². The van der Waals surface area contributed by atoms with E-state index in [4.69, 9.17) is 4.74 Å². The van der Waals surface area contributed by atoms with E-state index in [0.29, 0.717) is 5.17 Å². The van der Waals surface area contributed by atoms with Gasteiger partial charge in [-0.3, -0.25) is 9.59 Å². The van der Waals surface area contributed by atoms with Crippen molar-refractivity contribution in [3.63, 3.8) is 0 Å².